The number of furan rings is 1. The van der Waals surface area contributed by atoms with E-state index in [-0.39, 0.29) is 6.61 Å². The molecule has 1 aromatic heterocycles. The van der Waals surface area contributed by atoms with E-state index in [1.54, 1.807) is 19.3 Å². The maximum atomic E-state index is 5.10. The number of nitrogens with zero attached hydrogens (tertiary/aromatic N) is 1. The van der Waals surface area contributed by atoms with Crippen LogP contribution in [-0.4, -0.2) is 12.3 Å². The summed E-state index contributed by atoms with van der Waals surface area (Å²) in [4.78, 5) is 7.40. The van der Waals surface area contributed by atoms with Gasteiger partial charge in [0.15, 0.2) is 12.4 Å². The molecule has 0 aliphatic heterocycles. The predicted molar refractivity (Wildman–Crippen MR) is 53.6 cm³/mol. The Morgan fingerprint density at radius 2 is 2.62 bits per heavy atom. The van der Waals surface area contributed by atoms with Crippen molar-refractivity contribution in [2.24, 2.45) is 5.16 Å². The summed E-state index contributed by atoms with van der Waals surface area (Å²) < 4.78 is 5.10. The van der Waals surface area contributed by atoms with Crippen molar-refractivity contribution < 1.29 is 9.25 Å². The molecule has 0 bridgehead atoms. The van der Waals surface area contributed by atoms with E-state index < -0.39 is 0 Å². The van der Waals surface area contributed by atoms with Gasteiger partial charge in [0.05, 0.1) is 6.26 Å². The van der Waals surface area contributed by atoms with Crippen molar-refractivity contribution >= 4 is 21.6 Å². The van der Waals surface area contributed by atoms with Crippen LogP contribution in [0.2, 0.25) is 0 Å². The maximum Gasteiger partial charge on any atom is 0.178 e. The number of hydrogen-bond donors (Lipinski definition) is 0. The Labute approximate surface area is 84.9 Å². The van der Waals surface area contributed by atoms with Gasteiger partial charge >= 0.3 is 0 Å². The van der Waals surface area contributed by atoms with Gasteiger partial charge in [-0.25, -0.2) is 0 Å². The molecule has 0 aliphatic carbocycles. The first kappa shape index (κ1) is 9.87. The molecule has 0 saturated carbocycles. The Morgan fingerprint density at radius 1 is 1.77 bits per heavy atom. The molecule has 0 fully saturated rings. The molecule has 1 rings (SSSR count). The van der Waals surface area contributed by atoms with Crippen LogP contribution in [0.4, 0.5) is 0 Å². The molecule has 0 spiro atoms. The minimum atomic E-state index is 0.267. The van der Waals surface area contributed by atoms with Gasteiger partial charge < -0.3 is 9.25 Å². The number of oxime groups is 1. The molecule has 3 nitrogen and oxygen atoms in total. The van der Waals surface area contributed by atoms with Crippen LogP contribution in [-0.2, 0) is 4.84 Å². The average molecular weight is 242 g/mol. The molecule has 1 aromatic rings. The number of halogens is 1. The van der Waals surface area contributed by atoms with Crippen molar-refractivity contribution in [3.05, 3.63) is 24.2 Å². The van der Waals surface area contributed by atoms with E-state index in [4.69, 9.17) is 9.25 Å². The molecular formula is C9H8BrNO2. The zero-order valence-corrected chi connectivity index (χ0v) is 8.67. The Morgan fingerprint density at radius 3 is 3.23 bits per heavy atom. The second kappa shape index (κ2) is 5.44. The number of rotatable bonds is 3. The smallest absolute Gasteiger partial charge is 0.178 e. The van der Waals surface area contributed by atoms with Crippen molar-refractivity contribution in [3.8, 4) is 10.8 Å². The molecule has 0 saturated heterocycles. The van der Waals surface area contributed by atoms with Crippen LogP contribution in [0, 0.1) is 10.8 Å². The zero-order chi connectivity index (χ0) is 9.52. The first-order chi connectivity index (χ1) is 6.34. The number of hydrogen-bond acceptors (Lipinski definition) is 3. The van der Waals surface area contributed by atoms with E-state index in [1.807, 2.05) is 6.07 Å². The van der Waals surface area contributed by atoms with Gasteiger partial charge in [-0.2, -0.15) is 0 Å². The lowest BCUT2D eigenvalue weighted by Crippen LogP contribution is -1.94. The molecule has 1 heterocycles. The van der Waals surface area contributed by atoms with Crippen molar-refractivity contribution in [1.29, 1.82) is 0 Å². The van der Waals surface area contributed by atoms with Crippen molar-refractivity contribution in [2.45, 2.75) is 6.92 Å². The van der Waals surface area contributed by atoms with Crippen molar-refractivity contribution in [1.82, 2.24) is 0 Å². The van der Waals surface area contributed by atoms with E-state index in [1.165, 1.54) is 0 Å². The fourth-order valence-corrected chi connectivity index (χ4v) is 0.833. The normalized spacial score (nSPS) is 10.5. The van der Waals surface area contributed by atoms with Gasteiger partial charge in [0.25, 0.3) is 0 Å². The summed E-state index contributed by atoms with van der Waals surface area (Å²) in [6.07, 6.45) is 1.59. The Balaban J connectivity index is 2.46. The lowest BCUT2D eigenvalue weighted by molar-refractivity contribution is 0.179. The lowest BCUT2D eigenvalue weighted by Gasteiger charge is -1.94. The van der Waals surface area contributed by atoms with E-state index in [0.29, 0.717) is 11.5 Å². The van der Waals surface area contributed by atoms with Crippen LogP contribution in [0.1, 0.15) is 12.7 Å². The predicted octanol–water partition coefficient (Wildman–Crippen LogP) is 2.38. The van der Waals surface area contributed by atoms with Crippen LogP contribution < -0.4 is 0 Å². The van der Waals surface area contributed by atoms with Crippen LogP contribution in [0.3, 0.4) is 0 Å². The van der Waals surface area contributed by atoms with E-state index in [2.05, 4.69) is 31.8 Å². The summed E-state index contributed by atoms with van der Waals surface area (Å²) in [6.45, 7) is 2.07. The van der Waals surface area contributed by atoms with Crippen molar-refractivity contribution in [3.63, 3.8) is 0 Å². The highest BCUT2D eigenvalue weighted by atomic mass is 79.9. The maximum absolute atomic E-state index is 5.10. The molecule has 0 radical (unpaired) electrons. The van der Waals surface area contributed by atoms with Crippen LogP contribution in [0.25, 0.3) is 0 Å². The lowest BCUT2D eigenvalue weighted by atomic mass is 10.3. The molecule has 13 heavy (non-hydrogen) atoms. The first-order valence-electron chi connectivity index (χ1n) is 3.63. The second-order valence-electron chi connectivity index (χ2n) is 2.20. The topological polar surface area (TPSA) is 34.7 Å². The molecule has 0 aromatic carbocycles. The fourth-order valence-electron chi connectivity index (χ4n) is 0.718. The summed E-state index contributed by atoms with van der Waals surface area (Å²) in [7, 11) is 0. The SMILES string of the molecule is C/C(=N\OCC#CBr)c1ccco1. The monoisotopic (exact) mass is 241 g/mol. The standard InChI is InChI=1S/C9H8BrNO2/c1-8(9-4-2-6-12-9)11-13-7-3-5-10/h2,4,6H,7H2,1H3/b11-8+. The fraction of sp³-hybridized carbons (Fsp3) is 0.222. The largest absolute Gasteiger partial charge is 0.463 e. The van der Waals surface area contributed by atoms with Crippen LogP contribution >= 0.6 is 15.9 Å². The highest BCUT2D eigenvalue weighted by Gasteiger charge is 1.98. The summed E-state index contributed by atoms with van der Waals surface area (Å²) >= 11 is 2.95. The van der Waals surface area contributed by atoms with Crippen LogP contribution in [0.5, 0.6) is 0 Å². The highest BCUT2D eigenvalue weighted by molar-refractivity contribution is 9.12. The Hall–Kier alpha value is -1.21. The zero-order valence-electron chi connectivity index (χ0n) is 7.08. The third-order valence-corrected chi connectivity index (χ3v) is 1.56. The van der Waals surface area contributed by atoms with E-state index >= 15 is 0 Å². The second-order valence-corrected chi connectivity index (χ2v) is 2.60. The quantitative estimate of drug-likeness (QED) is 0.353. The van der Waals surface area contributed by atoms with Gasteiger partial charge in [0.1, 0.15) is 5.71 Å². The summed E-state index contributed by atoms with van der Waals surface area (Å²) in [6, 6.07) is 3.62. The van der Waals surface area contributed by atoms with E-state index in [0.717, 1.165) is 0 Å². The van der Waals surface area contributed by atoms with Crippen molar-refractivity contribution in [2.75, 3.05) is 6.61 Å². The van der Waals surface area contributed by atoms with Crippen LogP contribution in [0.15, 0.2) is 28.0 Å². The van der Waals surface area contributed by atoms with Gasteiger partial charge in [0.2, 0.25) is 0 Å². The third-order valence-electron chi connectivity index (χ3n) is 1.28. The van der Waals surface area contributed by atoms with Gasteiger partial charge in [-0.15, -0.1) is 0 Å². The highest BCUT2D eigenvalue weighted by Crippen LogP contribution is 2.01. The minimum Gasteiger partial charge on any atom is -0.463 e. The van der Waals surface area contributed by atoms with Gasteiger partial charge in [-0.1, -0.05) is 5.16 Å². The molecule has 0 N–H and O–H groups in total. The van der Waals surface area contributed by atoms with E-state index in [9.17, 15) is 0 Å². The average Bonchev–Trinajstić information content (AvgIpc) is 2.65. The third kappa shape index (κ3) is 3.34. The Bertz CT molecular complexity index is 332. The Kier molecular flexibility index (Phi) is 4.13. The molecule has 0 unspecified atom stereocenters. The molecule has 0 aliphatic rings. The molecule has 0 amide bonds. The van der Waals surface area contributed by atoms with Gasteiger partial charge in [0, 0.05) is 15.9 Å². The molecule has 68 valence electrons. The molecular weight excluding hydrogens is 234 g/mol. The summed E-state index contributed by atoms with van der Waals surface area (Å²) in [5, 5.41) is 3.80. The summed E-state index contributed by atoms with van der Waals surface area (Å²) in [5.74, 6) is 3.36. The van der Waals surface area contributed by atoms with Gasteiger partial charge in [-0.05, 0) is 29.8 Å². The molecule has 0 atom stereocenters. The molecule has 4 heteroatoms. The summed E-state index contributed by atoms with van der Waals surface area (Å²) in [5.41, 5.74) is 0.696. The first-order valence-corrected chi connectivity index (χ1v) is 4.43. The minimum absolute atomic E-state index is 0.267. The van der Waals surface area contributed by atoms with Gasteiger partial charge in [-0.3, -0.25) is 0 Å².